The third kappa shape index (κ3) is 4.65. The van der Waals surface area contributed by atoms with Gasteiger partial charge in [0, 0.05) is 27.4 Å². The number of aromatic nitrogens is 1. The van der Waals surface area contributed by atoms with E-state index in [1.165, 1.54) is 23.3 Å². The highest BCUT2D eigenvalue weighted by Gasteiger charge is 2.34. The number of amides is 1. The second-order valence-corrected chi connectivity index (χ2v) is 9.92. The number of nitrogens with two attached hydrogens (primary N) is 1. The first-order valence-electron chi connectivity index (χ1n) is 10.8. The summed E-state index contributed by atoms with van der Waals surface area (Å²) in [4.78, 5) is 22.5. The number of anilines is 1. The molecule has 4 rings (SSSR count). The number of nitrogens with zero attached hydrogens (tertiary/aromatic N) is 2. The molecule has 2 aliphatic carbocycles. The predicted octanol–water partition coefficient (Wildman–Crippen LogP) is 5.64. The van der Waals surface area contributed by atoms with Crippen molar-refractivity contribution in [3.05, 3.63) is 46.1 Å². The molecule has 166 valence electrons. The average Bonchev–Trinajstić information content (AvgIpc) is 2.66. The number of nitrogen functional groups attached to an aromatic ring is 1. The van der Waals surface area contributed by atoms with Gasteiger partial charge >= 0.3 is 6.09 Å². The van der Waals surface area contributed by atoms with Crippen LogP contribution in [0.25, 0.3) is 10.9 Å². The number of carbonyl (C=O) groups excluding carboxylic acids is 1. The van der Waals surface area contributed by atoms with Crippen LogP contribution in [0.1, 0.15) is 57.2 Å². The number of hydrogen-bond donors (Lipinski definition) is 1. The maximum atomic E-state index is 12.3. The summed E-state index contributed by atoms with van der Waals surface area (Å²) in [5.74, 6) is 0.779. The number of hydroxylamine groups is 2. The zero-order valence-corrected chi connectivity index (χ0v) is 19.3. The molecule has 7 heteroatoms. The molecule has 0 fully saturated rings. The second-order valence-electron chi connectivity index (χ2n) is 9.49. The smallest absolute Gasteiger partial charge is 0.434 e. The van der Waals surface area contributed by atoms with Crippen molar-refractivity contribution in [3.63, 3.8) is 0 Å². The number of benzene rings is 1. The van der Waals surface area contributed by atoms with Crippen molar-refractivity contribution < 1.29 is 14.4 Å². The summed E-state index contributed by atoms with van der Waals surface area (Å²) >= 11 is 6.16. The Kier molecular flexibility index (Phi) is 5.88. The number of fused-ring (bicyclic) bond motifs is 5. The van der Waals surface area contributed by atoms with Gasteiger partial charge in [-0.1, -0.05) is 23.3 Å². The molecule has 2 atom stereocenters. The third-order valence-electron chi connectivity index (χ3n) is 5.99. The SMILES string of the molecule is CON(CCC1=CC2Cc3nc4cc(Cl)ccc4c(N)c3C(C1)C2)C(=O)OC(C)(C)C. The molecule has 2 aromatic rings. The van der Waals surface area contributed by atoms with Gasteiger partial charge in [0.1, 0.15) is 5.60 Å². The lowest BCUT2D eigenvalue weighted by atomic mass is 9.70. The van der Waals surface area contributed by atoms with Crippen molar-refractivity contribution in [3.8, 4) is 0 Å². The van der Waals surface area contributed by atoms with E-state index >= 15 is 0 Å². The Labute approximate surface area is 188 Å². The van der Waals surface area contributed by atoms with Gasteiger partial charge in [-0.15, -0.1) is 0 Å². The summed E-state index contributed by atoms with van der Waals surface area (Å²) < 4.78 is 5.43. The van der Waals surface area contributed by atoms with E-state index in [1.54, 1.807) is 0 Å². The maximum Gasteiger partial charge on any atom is 0.434 e. The molecule has 0 spiro atoms. The molecular weight excluding hydrogens is 414 g/mol. The number of ether oxygens (including phenoxy) is 1. The fourth-order valence-electron chi connectivity index (χ4n) is 4.79. The molecule has 0 saturated heterocycles. The van der Waals surface area contributed by atoms with Crippen LogP contribution in [0.2, 0.25) is 5.02 Å². The van der Waals surface area contributed by atoms with Gasteiger partial charge in [0.2, 0.25) is 0 Å². The minimum Gasteiger partial charge on any atom is -0.442 e. The summed E-state index contributed by atoms with van der Waals surface area (Å²) in [6.07, 6.45) is 5.51. The Bertz CT molecular complexity index is 1040. The lowest BCUT2D eigenvalue weighted by Gasteiger charge is -2.36. The Hall–Kier alpha value is -2.31. The van der Waals surface area contributed by atoms with Crippen LogP contribution in [0.4, 0.5) is 10.5 Å². The normalized spacial score (nSPS) is 20.2. The van der Waals surface area contributed by atoms with Crippen LogP contribution in [0.3, 0.4) is 0 Å². The highest BCUT2D eigenvalue weighted by atomic mass is 35.5. The molecule has 31 heavy (non-hydrogen) atoms. The third-order valence-corrected chi connectivity index (χ3v) is 6.23. The fraction of sp³-hybridized carbons (Fsp3) is 0.500. The Morgan fingerprint density at radius 1 is 1.32 bits per heavy atom. The molecule has 1 heterocycles. The number of pyridine rings is 1. The van der Waals surface area contributed by atoms with Gasteiger partial charge < -0.3 is 10.5 Å². The summed E-state index contributed by atoms with van der Waals surface area (Å²) in [7, 11) is 1.49. The first kappa shape index (κ1) is 21.9. The zero-order valence-electron chi connectivity index (χ0n) is 18.6. The minimum atomic E-state index is -0.559. The van der Waals surface area contributed by atoms with E-state index in [0.717, 1.165) is 48.0 Å². The summed E-state index contributed by atoms with van der Waals surface area (Å²) in [5, 5.41) is 2.93. The van der Waals surface area contributed by atoms with Crippen molar-refractivity contribution in [2.45, 2.75) is 58.0 Å². The first-order chi connectivity index (χ1) is 14.6. The number of halogens is 1. The molecule has 0 saturated carbocycles. The molecule has 1 aromatic heterocycles. The van der Waals surface area contributed by atoms with Crippen molar-refractivity contribution >= 4 is 34.3 Å². The van der Waals surface area contributed by atoms with Gasteiger partial charge in [-0.25, -0.2) is 4.79 Å². The van der Waals surface area contributed by atoms with Crippen LogP contribution >= 0.6 is 11.6 Å². The number of rotatable bonds is 4. The minimum absolute atomic E-state index is 0.346. The maximum absolute atomic E-state index is 12.3. The average molecular weight is 444 g/mol. The lowest BCUT2D eigenvalue weighted by Crippen LogP contribution is -2.37. The predicted molar refractivity (Wildman–Crippen MR) is 123 cm³/mol. The van der Waals surface area contributed by atoms with Gasteiger partial charge in [-0.3, -0.25) is 9.82 Å². The van der Waals surface area contributed by atoms with Crippen LogP contribution in [0.15, 0.2) is 29.8 Å². The molecular formula is C24H30ClN3O3. The molecule has 0 radical (unpaired) electrons. The van der Waals surface area contributed by atoms with Gasteiger partial charge in [0.15, 0.2) is 0 Å². The molecule has 2 N–H and O–H groups in total. The van der Waals surface area contributed by atoms with Gasteiger partial charge in [0.05, 0.1) is 19.2 Å². The van der Waals surface area contributed by atoms with E-state index in [0.29, 0.717) is 23.4 Å². The van der Waals surface area contributed by atoms with Crippen molar-refractivity contribution in [1.82, 2.24) is 10.0 Å². The standard InChI is InChI=1S/C24H30ClN3O3/c1-24(2,3)31-23(29)28(30-4)8-7-14-9-15-11-16(10-14)21-20(12-15)27-19-13-17(25)5-6-18(19)22(21)26/h5-6,9,13,15-16H,7-8,10-12H2,1-4H3,(H2,26,27). The van der Waals surface area contributed by atoms with Crippen LogP contribution in [-0.4, -0.2) is 35.4 Å². The molecule has 1 amide bonds. The highest BCUT2D eigenvalue weighted by molar-refractivity contribution is 6.31. The lowest BCUT2D eigenvalue weighted by molar-refractivity contribution is -0.123. The van der Waals surface area contributed by atoms with E-state index in [1.807, 2.05) is 39.0 Å². The zero-order chi connectivity index (χ0) is 22.3. The Balaban J connectivity index is 1.51. The molecule has 1 aromatic carbocycles. The molecule has 0 aliphatic heterocycles. The monoisotopic (exact) mass is 443 g/mol. The van der Waals surface area contributed by atoms with Gasteiger partial charge in [-0.05, 0) is 76.5 Å². The van der Waals surface area contributed by atoms with Crippen molar-refractivity contribution in [1.29, 1.82) is 0 Å². The second kappa shape index (κ2) is 8.32. The van der Waals surface area contributed by atoms with E-state index in [-0.39, 0.29) is 0 Å². The fourth-order valence-corrected chi connectivity index (χ4v) is 4.95. The summed E-state index contributed by atoms with van der Waals surface area (Å²) in [6.45, 7) is 5.99. The molecule has 2 bridgehead atoms. The molecule has 2 aliphatic rings. The van der Waals surface area contributed by atoms with Crippen LogP contribution < -0.4 is 5.73 Å². The number of carbonyl (C=O) groups is 1. The van der Waals surface area contributed by atoms with E-state index in [9.17, 15) is 4.79 Å². The Morgan fingerprint density at radius 3 is 2.81 bits per heavy atom. The molecule has 6 nitrogen and oxygen atoms in total. The Morgan fingerprint density at radius 2 is 2.10 bits per heavy atom. The summed E-state index contributed by atoms with van der Waals surface area (Å²) in [6, 6.07) is 5.71. The summed E-state index contributed by atoms with van der Waals surface area (Å²) in [5.41, 5.74) is 11.4. The number of hydrogen-bond acceptors (Lipinski definition) is 5. The highest BCUT2D eigenvalue weighted by Crippen LogP contribution is 2.47. The van der Waals surface area contributed by atoms with E-state index in [4.69, 9.17) is 31.9 Å². The molecule has 2 unspecified atom stereocenters. The topological polar surface area (TPSA) is 77.7 Å². The van der Waals surface area contributed by atoms with Crippen molar-refractivity contribution in [2.75, 3.05) is 19.4 Å². The van der Waals surface area contributed by atoms with E-state index < -0.39 is 11.7 Å². The van der Waals surface area contributed by atoms with Gasteiger partial charge in [0.25, 0.3) is 0 Å². The van der Waals surface area contributed by atoms with E-state index in [2.05, 4.69) is 6.08 Å². The number of allylic oxidation sites excluding steroid dienone is 1. The van der Waals surface area contributed by atoms with Gasteiger partial charge in [-0.2, -0.15) is 5.06 Å². The van der Waals surface area contributed by atoms with Crippen LogP contribution in [0, 0.1) is 5.92 Å². The van der Waals surface area contributed by atoms with Crippen LogP contribution in [0.5, 0.6) is 0 Å². The largest absolute Gasteiger partial charge is 0.442 e. The first-order valence-corrected chi connectivity index (χ1v) is 11.1. The van der Waals surface area contributed by atoms with Crippen LogP contribution in [-0.2, 0) is 16.0 Å². The van der Waals surface area contributed by atoms with Crippen molar-refractivity contribution in [2.24, 2.45) is 5.92 Å². The quantitative estimate of drug-likeness (QED) is 0.489.